The van der Waals surface area contributed by atoms with Crippen molar-refractivity contribution >= 4 is 74.3 Å². The van der Waals surface area contributed by atoms with Crippen molar-refractivity contribution in [2.24, 2.45) is 0 Å². The van der Waals surface area contributed by atoms with Crippen LogP contribution in [0.3, 0.4) is 0 Å². The van der Waals surface area contributed by atoms with Crippen molar-refractivity contribution in [2.75, 3.05) is 64.3 Å². The first-order chi connectivity index (χ1) is 47.9. The molecular formula is C67H110N14O16P2S3. The number of carbonyl (C=O) groups excluding carboxylic acids is 4. The van der Waals surface area contributed by atoms with E-state index in [0.29, 0.717) is 61.5 Å². The lowest BCUT2D eigenvalue weighted by molar-refractivity contribution is -0.121. The molecule has 30 nitrogen and oxygen atoms in total. The lowest BCUT2D eigenvalue weighted by atomic mass is 10.1. The normalized spacial score (nSPS) is 18.7. The number of methoxy groups -OCH3 is 2. The summed E-state index contributed by atoms with van der Waals surface area (Å²) < 4.78 is 51.3. The minimum absolute atomic E-state index is 0. The third-order valence-electron chi connectivity index (χ3n) is 14.4. The van der Waals surface area contributed by atoms with Gasteiger partial charge in [-0.3, -0.25) is 53.0 Å². The van der Waals surface area contributed by atoms with Crippen LogP contribution in [-0.2, 0) is 51.7 Å². The highest BCUT2D eigenvalue weighted by Crippen LogP contribution is 2.52. The zero-order valence-corrected chi connectivity index (χ0v) is 66.0. The predicted octanol–water partition coefficient (Wildman–Crippen LogP) is 7.95. The van der Waals surface area contributed by atoms with Crippen LogP contribution in [0.1, 0.15) is 181 Å². The van der Waals surface area contributed by atoms with Crippen LogP contribution < -0.4 is 33.1 Å². The van der Waals surface area contributed by atoms with E-state index in [1.165, 1.54) is 51.4 Å². The molecule has 5 rings (SSSR count). The fraction of sp³-hybridized carbons (Fsp3) is 0.701. The third kappa shape index (κ3) is 32.0. The summed E-state index contributed by atoms with van der Waals surface area (Å²) in [5.74, 6) is 11.9. The molecule has 9 atom stereocenters. The Labute approximate surface area is 616 Å². The number of hydrogen-bond donors (Lipinski definition) is 6. The van der Waals surface area contributed by atoms with E-state index in [9.17, 15) is 43.5 Å². The number of nitrogens with one attached hydrogen (secondary N) is 5. The lowest BCUT2D eigenvalue weighted by Crippen LogP contribution is -2.43. The van der Waals surface area contributed by atoms with Gasteiger partial charge >= 0.3 is 11.4 Å². The van der Waals surface area contributed by atoms with Gasteiger partial charge in [0.2, 0.25) is 18.4 Å². The van der Waals surface area contributed by atoms with Crippen LogP contribution >= 0.6 is 52.3 Å². The summed E-state index contributed by atoms with van der Waals surface area (Å²) in [6.07, 6.45) is 0.0414. The zero-order chi connectivity index (χ0) is 76.1. The first-order valence-electron chi connectivity index (χ1n) is 33.5. The molecule has 2 aliphatic rings. The van der Waals surface area contributed by atoms with Gasteiger partial charge in [0.25, 0.3) is 19.6 Å². The van der Waals surface area contributed by atoms with Crippen LogP contribution in [0.15, 0.2) is 43.1 Å². The topological polar surface area (TPSA) is 366 Å². The molecule has 6 N–H and O–H groups in total. The second-order valence-electron chi connectivity index (χ2n) is 24.0. The van der Waals surface area contributed by atoms with E-state index in [1.807, 2.05) is 41.5 Å². The highest BCUT2D eigenvalue weighted by molar-refractivity contribution is 8.13. The predicted molar refractivity (Wildman–Crippen MR) is 402 cm³/mol. The maximum Gasteiger partial charge on any atom is 0.330 e. The van der Waals surface area contributed by atoms with Crippen molar-refractivity contribution in [3.05, 3.63) is 82.9 Å². The van der Waals surface area contributed by atoms with Crippen molar-refractivity contribution < 1.29 is 56.8 Å². The molecule has 0 aliphatic carbocycles. The molecule has 0 bridgehead atoms. The molecule has 5 heterocycles. The van der Waals surface area contributed by atoms with Gasteiger partial charge in [0.15, 0.2) is 36.3 Å². The van der Waals surface area contributed by atoms with Gasteiger partial charge in [-0.2, -0.15) is 10.4 Å². The maximum absolute atomic E-state index is 12.9. The molecule has 2 fully saturated rings. The molecule has 0 saturated carbocycles. The van der Waals surface area contributed by atoms with Crippen molar-refractivity contribution in [3.8, 4) is 29.8 Å². The van der Waals surface area contributed by atoms with Gasteiger partial charge in [-0.25, -0.2) is 35.2 Å². The lowest BCUT2D eigenvalue weighted by Gasteiger charge is -2.45. The Morgan fingerprint density at radius 2 is 1.16 bits per heavy atom. The van der Waals surface area contributed by atoms with E-state index >= 15 is 0 Å². The van der Waals surface area contributed by atoms with E-state index in [2.05, 4.69) is 147 Å². The molecule has 572 valence electrons. The quantitative estimate of drug-likeness (QED) is 0.0111. The number of nitrogens with zero attached hydrogens (tertiary/aromatic N) is 9. The summed E-state index contributed by atoms with van der Waals surface area (Å²) in [7, 11) is 0.444. The van der Waals surface area contributed by atoms with Gasteiger partial charge in [-0.15, -0.1) is 0 Å². The number of carbonyl (C=O) groups is 4. The Balaban J connectivity index is 0.000000761. The molecule has 2 aliphatic heterocycles. The Hall–Kier alpha value is -5.65. The average Bonchev–Trinajstić information content (AvgIpc) is 1.62. The summed E-state index contributed by atoms with van der Waals surface area (Å²) >= 11 is 3.78. The average molecular weight is 1530 g/mol. The Morgan fingerprint density at radius 3 is 1.54 bits per heavy atom. The van der Waals surface area contributed by atoms with Crippen molar-refractivity contribution in [2.45, 2.75) is 248 Å². The molecule has 3 aromatic rings. The monoisotopic (exact) mass is 1520 g/mol. The van der Waals surface area contributed by atoms with Gasteiger partial charge in [0, 0.05) is 101 Å². The molecule has 2 amide bonds. The molecule has 3 unspecified atom stereocenters. The third-order valence-corrected chi connectivity index (χ3v) is 21.9. The number of aromatic nitrogens is 7. The number of amides is 2. The first kappa shape index (κ1) is 94.4. The van der Waals surface area contributed by atoms with Crippen LogP contribution in [0.5, 0.6) is 0 Å². The molecule has 35 heteroatoms. The van der Waals surface area contributed by atoms with E-state index in [1.54, 1.807) is 11.8 Å². The number of nitriles is 1. The SMILES string of the molecule is C.CC(C)N(C(C)C)P(OCCC#N)N(C(C)C)C(C)C.CCSc1ncn[nH]1.CC[C@H]1O[C@@H](n2cc(C#CCNC(=O)CCSC(C)=O)c(=O)[nH]c2=O)C(OC)[C@H]1O.[C-]#[N+]CCOP(O[C@@H]1C(OC)[C@H](n2cc(C#CCNC(=O)CCSC(C)=O)c(=O)[nH]c2=O)O[C@@H]1CC)N(C(C)C)C(C)C. The molecule has 0 radical (unpaired) electrons. The van der Waals surface area contributed by atoms with Crippen LogP contribution in [0.25, 0.3) is 4.85 Å². The van der Waals surface area contributed by atoms with Crippen LogP contribution in [0.4, 0.5) is 0 Å². The smallest absolute Gasteiger partial charge is 0.330 e. The fourth-order valence-corrected chi connectivity index (χ4v) is 16.0. The Kier molecular flexibility index (Phi) is 46.9. The summed E-state index contributed by atoms with van der Waals surface area (Å²) in [6, 6.07) is 4.02. The van der Waals surface area contributed by atoms with Gasteiger partial charge in [0.1, 0.15) is 48.5 Å². The van der Waals surface area contributed by atoms with Crippen molar-refractivity contribution in [1.29, 1.82) is 5.26 Å². The second-order valence-corrected chi connectivity index (χ2v) is 30.9. The van der Waals surface area contributed by atoms with Crippen molar-refractivity contribution in [1.82, 2.24) is 58.9 Å². The number of H-pyrrole nitrogens is 3. The molecule has 0 spiro atoms. The van der Waals surface area contributed by atoms with E-state index < -0.39 is 88.6 Å². The molecule has 2 saturated heterocycles. The minimum atomic E-state index is -1.61. The molecule has 0 aromatic carbocycles. The summed E-state index contributed by atoms with van der Waals surface area (Å²) in [5.41, 5.74) is -2.75. The number of ether oxygens (including phenoxy) is 4. The maximum atomic E-state index is 12.9. The number of hydrogen-bond acceptors (Lipinski definition) is 25. The number of aliphatic hydroxyl groups excluding tert-OH is 1. The zero-order valence-electron chi connectivity index (χ0n) is 61.7. The number of thioether (sulfide) groups is 3. The molecule has 102 heavy (non-hydrogen) atoms. The standard InChI is InChI=1S/C28H42N5O8PS.C19H25N3O7S.C15H32N3OP.C4H7N3S.CH4/c1-9-22-24(41-42(39-15-14-29-7)33(18(2)3)19(4)5)25(38-8)27(40-22)32-17-21(26(36)31-28(32)37)11-10-13-30-23(35)12-16-43-20(6)34;1-4-13-15(25)16(28-3)18(29-13)22-10-12(17(26)21-19(22)27)6-5-8-20-14(24)7-9-30-11(2)23;1-12(2)17(13(3)4)20(19-11-9-10-16)18(14(5)6)15(7)8;1-2-8-4-5-3-6-7-4;/h17-19,22,24-25,27H,9,12-16H2,1-6,8H3,(H,30,35)(H,31,36,37);10,13,15-16,18,25H,4,7-9H2,1-3H3,(H,20,24)(H,21,26,27);12-15H,9,11H2,1-8H3;3H,2H2,1H3,(H,5,6,7);1H4/t22-,24+,25?,27-,42?;13-,15+,16?,18-;;;/m11.../s1. The Morgan fingerprint density at radius 1 is 0.706 bits per heavy atom. The summed E-state index contributed by atoms with van der Waals surface area (Å²) in [6.45, 7) is 42.6. The minimum Gasteiger partial charge on any atom is -0.388 e. The fourth-order valence-electron chi connectivity index (χ4n) is 10.2. The van der Waals surface area contributed by atoms with Gasteiger partial charge in [0.05, 0.1) is 44.4 Å². The van der Waals surface area contributed by atoms with E-state index in [0.717, 1.165) is 39.0 Å². The van der Waals surface area contributed by atoms with Crippen LogP contribution in [0.2, 0.25) is 0 Å². The van der Waals surface area contributed by atoms with E-state index in [-0.39, 0.29) is 91.8 Å². The second kappa shape index (κ2) is 50.7. The van der Waals surface area contributed by atoms with Crippen LogP contribution in [0, 0.1) is 41.6 Å². The van der Waals surface area contributed by atoms with Gasteiger partial charge in [-0.1, -0.05) is 87.2 Å². The molecule has 3 aromatic heterocycles. The van der Waals surface area contributed by atoms with E-state index in [4.69, 9.17) is 44.4 Å². The highest BCUT2D eigenvalue weighted by Gasteiger charge is 2.49. The first-order valence-corrected chi connectivity index (χ1v) is 38.7. The highest BCUT2D eigenvalue weighted by atomic mass is 32.2. The largest absolute Gasteiger partial charge is 0.388 e. The summed E-state index contributed by atoms with van der Waals surface area (Å²) in [4.78, 5) is 107. The summed E-state index contributed by atoms with van der Waals surface area (Å²) in [5, 5.41) is 31.4. The molecular weight excluding hydrogens is 1410 g/mol. The number of rotatable bonds is 33. The number of aliphatic hydroxyl groups is 1. The van der Waals surface area contributed by atoms with Gasteiger partial charge in [-0.05, 0) is 102 Å². The Bertz CT molecular complexity index is 3430. The van der Waals surface area contributed by atoms with Gasteiger partial charge < -0.3 is 53.1 Å². The van der Waals surface area contributed by atoms with Crippen molar-refractivity contribution in [3.63, 3.8) is 0 Å². The number of aromatic amines is 3. The van der Waals surface area contributed by atoms with Crippen LogP contribution in [-0.4, -0.2) is 213 Å².